The largest absolute Gasteiger partial charge is 0.386 e. The molecule has 2 aliphatic rings. The molecule has 0 unspecified atom stereocenters. The first-order valence-corrected chi connectivity index (χ1v) is 5.78. The van der Waals surface area contributed by atoms with Crippen LogP contribution in [0.3, 0.4) is 0 Å². The summed E-state index contributed by atoms with van der Waals surface area (Å²) >= 11 is 0. The molecule has 3 nitrogen and oxygen atoms in total. The van der Waals surface area contributed by atoms with Crippen LogP contribution in [-0.2, 0) is 4.79 Å². The van der Waals surface area contributed by atoms with Crippen LogP contribution in [0.2, 0.25) is 0 Å². The molecular formula is C13H15NO2. The molecular weight excluding hydrogens is 202 g/mol. The number of amides is 1. The first-order chi connectivity index (χ1) is 7.70. The maximum atomic E-state index is 11.8. The van der Waals surface area contributed by atoms with Crippen molar-refractivity contribution in [3.63, 3.8) is 0 Å². The number of nitrogens with zero attached hydrogens (tertiary/aromatic N) is 1. The summed E-state index contributed by atoms with van der Waals surface area (Å²) in [5.74, 6) is 0.172. The Kier molecular flexibility index (Phi) is 2.04. The second kappa shape index (κ2) is 3.32. The molecule has 0 aliphatic carbocycles. The lowest BCUT2D eigenvalue weighted by Gasteiger charge is -2.40. The number of hydrogen-bond donors (Lipinski definition) is 1. The van der Waals surface area contributed by atoms with Crippen LogP contribution in [0.1, 0.15) is 43.0 Å². The molecule has 1 N–H and O–H groups in total. The highest BCUT2D eigenvalue weighted by Gasteiger charge is 2.43. The van der Waals surface area contributed by atoms with E-state index < -0.39 is 6.10 Å². The molecule has 0 radical (unpaired) electrons. The molecule has 1 saturated heterocycles. The van der Waals surface area contributed by atoms with Crippen molar-refractivity contribution in [2.24, 2.45) is 0 Å². The van der Waals surface area contributed by atoms with Crippen LogP contribution in [0.4, 0.5) is 0 Å². The Balaban J connectivity index is 2.15. The lowest BCUT2D eigenvalue weighted by atomic mass is 9.87. The summed E-state index contributed by atoms with van der Waals surface area (Å²) in [6.07, 6.45) is 0.942. The van der Waals surface area contributed by atoms with Crippen LogP contribution >= 0.6 is 0 Å². The average Bonchev–Trinajstić information content (AvgIpc) is 2.69. The van der Waals surface area contributed by atoms with Gasteiger partial charge >= 0.3 is 0 Å². The Morgan fingerprint density at radius 1 is 1.31 bits per heavy atom. The van der Waals surface area contributed by atoms with E-state index in [2.05, 4.69) is 0 Å². The molecule has 1 fully saturated rings. The van der Waals surface area contributed by atoms with Crippen LogP contribution in [-0.4, -0.2) is 22.0 Å². The lowest BCUT2D eigenvalue weighted by molar-refractivity contribution is -0.134. The zero-order valence-electron chi connectivity index (χ0n) is 9.26. The number of benzene rings is 1. The van der Waals surface area contributed by atoms with E-state index in [9.17, 15) is 9.90 Å². The van der Waals surface area contributed by atoms with E-state index in [4.69, 9.17) is 0 Å². The first kappa shape index (κ1) is 9.85. The number of hydrogen-bond acceptors (Lipinski definition) is 2. The molecule has 3 atom stereocenters. The fraction of sp³-hybridized carbons (Fsp3) is 0.462. The number of carbonyl (C=O) groups excluding carboxylic acids is 1. The molecule has 1 aromatic rings. The van der Waals surface area contributed by atoms with Crippen molar-refractivity contribution in [1.82, 2.24) is 4.90 Å². The van der Waals surface area contributed by atoms with Crippen LogP contribution in [0, 0.1) is 0 Å². The van der Waals surface area contributed by atoms with Gasteiger partial charge in [-0.3, -0.25) is 4.79 Å². The molecule has 1 amide bonds. The minimum absolute atomic E-state index is 0.102. The Morgan fingerprint density at radius 2 is 2.00 bits per heavy atom. The van der Waals surface area contributed by atoms with Gasteiger partial charge in [0.15, 0.2) is 0 Å². The molecule has 0 aromatic heterocycles. The van der Waals surface area contributed by atoms with Crippen LogP contribution in [0.5, 0.6) is 0 Å². The smallest absolute Gasteiger partial charge is 0.223 e. The third-order valence-electron chi connectivity index (χ3n) is 3.82. The maximum absolute atomic E-state index is 11.8. The summed E-state index contributed by atoms with van der Waals surface area (Å²) in [5, 5.41) is 10.2. The third-order valence-corrected chi connectivity index (χ3v) is 3.82. The van der Waals surface area contributed by atoms with Gasteiger partial charge in [-0.1, -0.05) is 24.3 Å². The molecule has 3 heteroatoms. The number of fused-ring (bicyclic) bond motifs is 3. The van der Waals surface area contributed by atoms with E-state index in [-0.39, 0.29) is 18.0 Å². The summed E-state index contributed by atoms with van der Waals surface area (Å²) in [6.45, 7) is 1.93. The topological polar surface area (TPSA) is 40.5 Å². The average molecular weight is 217 g/mol. The van der Waals surface area contributed by atoms with Gasteiger partial charge in [-0.2, -0.15) is 0 Å². The summed E-state index contributed by atoms with van der Waals surface area (Å²) < 4.78 is 0. The number of carbonyl (C=O) groups is 1. The van der Waals surface area contributed by atoms with Crippen molar-refractivity contribution < 1.29 is 9.90 Å². The van der Waals surface area contributed by atoms with Crippen molar-refractivity contribution in [1.29, 1.82) is 0 Å². The molecule has 0 bridgehead atoms. The van der Waals surface area contributed by atoms with Crippen LogP contribution < -0.4 is 0 Å². The maximum Gasteiger partial charge on any atom is 0.223 e. The quantitative estimate of drug-likeness (QED) is 0.719. The van der Waals surface area contributed by atoms with Gasteiger partial charge in [-0.15, -0.1) is 0 Å². The highest BCUT2D eigenvalue weighted by molar-refractivity contribution is 5.80. The van der Waals surface area contributed by atoms with Gasteiger partial charge < -0.3 is 10.0 Å². The molecule has 2 heterocycles. The fourth-order valence-corrected chi connectivity index (χ4v) is 3.01. The fourth-order valence-electron chi connectivity index (χ4n) is 3.01. The third kappa shape index (κ3) is 1.15. The van der Waals surface area contributed by atoms with Gasteiger partial charge in [0.25, 0.3) is 0 Å². The zero-order valence-corrected chi connectivity index (χ0v) is 9.26. The molecule has 2 aliphatic heterocycles. The summed E-state index contributed by atoms with van der Waals surface area (Å²) in [6, 6.07) is 8.00. The standard InChI is InChI=1S/C13H15NO2/c1-8-13(16)10-5-3-2-4-9(10)11-6-7-12(15)14(8)11/h2-5,8,11,13,16H,6-7H2,1H3/t8-,11-,13+/m1/s1. The zero-order chi connectivity index (χ0) is 11.3. The highest BCUT2D eigenvalue weighted by Crippen LogP contribution is 2.44. The van der Waals surface area contributed by atoms with Gasteiger partial charge in [0.2, 0.25) is 5.91 Å². The normalized spacial score (nSPS) is 32.5. The van der Waals surface area contributed by atoms with Crippen LogP contribution in [0.15, 0.2) is 24.3 Å². The molecule has 84 valence electrons. The van der Waals surface area contributed by atoms with E-state index in [0.717, 1.165) is 17.5 Å². The summed E-state index contributed by atoms with van der Waals surface area (Å²) in [5.41, 5.74) is 2.12. The highest BCUT2D eigenvalue weighted by atomic mass is 16.3. The Labute approximate surface area is 94.7 Å². The minimum atomic E-state index is -0.547. The Bertz CT molecular complexity index is 443. The predicted molar refractivity (Wildman–Crippen MR) is 59.7 cm³/mol. The van der Waals surface area contributed by atoms with Gasteiger partial charge in [0.05, 0.1) is 18.2 Å². The van der Waals surface area contributed by atoms with E-state index in [1.54, 1.807) is 0 Å². The van der Waals surface area contributed by atoms with E-state index in [0.29, 0.717) is 6.42 Å². The number of aliphatic hydroxyl groups excluding tert-OH is 1. The Hall–Kier alpha value is -1.35. The van der Waals surface area contributed by atoms with Crippen molar-refractivity contribution in [3.8, 4) is 0 Å². The molecule has 16 heavy (non-hydrogen) atoms. The minimum Gasteiger partial charge on any atom is -0.386 e. The van der Waals surface area contributed by atoms with Gasteiger partial charge in [0, 0.05) is 6.42 Å². The second-order valence-corrected chi connectivity index (χ2v) is 4.67. The van der Waals surface area contributed by atoms with Crippen LogP contribution in [0.25, 0.3) is 0 Å². The molecule has 0 saturated carbocycles. The monoisotopic (exact) mass is 217 g/mol. The molecule has 0 spiro atoms. The first-order valence-electron chi connectivity index (χ1n) is 5.78. The number of aliphatic hydroxyl groups is 1. The van der Waals surface area contributed by atoms with Gasteiger partial charge in [-0.25, -0.2) is 0 Å². The van der Waals surface area contributed by atoms with E-state index in [1.807, 2.05) is 36.1 Å². The number of rotatable bonds is 0. The SMILES string of the molecule is C[C@@H]1[C@H](O)c2ccccc2[C@H]2CCC(=O)N21. The van der Waals surface area contributed by atoms with Gasteiger partial charge in [0.1, 0.15) is 0 Å². The second-order valence-electron chi connectivity index (χ2n) is 4.67. The summed E-state index contributed by atoms with van der Waals surface area (Å²) in [4.78, 5) is 13.6. The Morgan fingerprint density at radius 3 is 2.75 bits per heavy atom. The van der Waals surface area contributed by atoms with E-state index in [1.165, 1.54) is 0 Å². The van der Waals surface area contributed by atoms with Crippen molar-refractivity contribution >= 4 is 5.91 Å². The molecule has 1 aromatic carbocycles. The molecule has 3 rings (SSSR count). The van der Waals surface area contributed by atoms with Crippen molar-refractivity contribution in [2.45, 2.75) is 38.0 Å². The lowest BCUT2D eigenvalue weighted by Crippen LogP contribution is -2.43. The van der Waals surface area contributed by atoms with E-state index >= 15 is 0 Å². The predicted octanol–water partition coefficient (Wildman–Crippen LogP) is 1.79. The summed E-state index contributed by atoms with van der Waals surface area (Å²) in [7, 11) is 0. The van der Waals surface area contributed by atoms with Gasteiger partial charge in [-0.05, 0) is 24.5 Å². The van der Waals surface area contributed by atoms with Crippen molar-refractivity contribution in [2.75, 3.05) is 0 Å². The van der Waals surface area contributed by atoms with Crippen molar-refractivity contribution in [3.05, 3.63) is 35.4 Å².